The van der Waals surface area contributed by atoms with Crippen LogP contribution in [0.5, 0.6) is 5.75 Å². The summed E-state index contributed by atoms with van der Waals surface area (Å²) in [5.41, 5.74) is 5.02. The van der Waals surface area contributed by atoms with Gasteiger partial charge >= 0.3 is 0 Å². The summed E-state index contributed by atoms with van der Waals surface area (Å²) in [5, 5.41) is 4.20. The lowest BCUT2D eigenvalue weighted by Gasteiger charge is -2.08. The standard InChI is InChI=1S/C23H25NO2/c1-16(2)13-14-25-21-11-9-20(10-12-21)23-15-22(24-26-23)19-7-5-18(6-8-19)17(3)4/h5-12,15-16H,3,13-14H2,1-2,4H3. The van der Waals surface area contributed by atoms with Crippen molar-refractivity contribution >= 4 is 5.57 Å². The van der Waals surface area contributed by atoms with E-state index in [1.165, 1.54) is 0 Å². The van der Waals surface area contributed by atoms with E-state index in [4.69, 9.17) is 9.26 Å². The van der Waals surface area contributed by atoms with Crippen molar-refractivity contribution in [3.05, 3.63) is 66.7 Å². The van der Waals surface area contributed by atoms with Crippen LogP contribution in [0.1, 0.15) is 32.8 Å². The summed E-state index contributed by atoms with van der Waals surface area (Å²) in [6.07, 6.45) is 1.05. The van der Waals surface area contributed by atoms with Gasteiger partial charge in [0.05, 0.1) is 6.61 Å². The van der Waals surface area contributed by atoms with E-state index in [1.807, 2.05) is 49.4 Å². The Morgan fingerprint density at radius 1 is 1.04 bits per heavy atom. The van der Waals surface area contributed by atoms with Gasteiger partial charge in [-0.2, -0.15) is 0 Å². The molecule has 0 spiro atoms. The molecule has 1 aromatic heterocycles. The third-order valence-electron chi connectivity index (χ3n) is 4.29. The van der Waals surface area contributed by atoms with E-state index in [9.17, 15) is 0 Å². The molecule has 3 nitrogen and oxygen atoms in total. The minimum absolute atomic E-state index is 0.645. The fourth-order valence-electron chi connectivity index (χ4n) is 2.60. The summed E-state index contributed by atoms with van der Waals surface area (Å²) in [6.45, 7) is 11.1. The molecule has 0 radical (unpaired) electrons. The minimum Gasteiger partial charge on any atom is -0.494 e. The van der Waals surface area contributed by atoms with E-state index >= 15 is 0 Å². The molecule has 0 unspecified atom stereocenters. The maximum absolute atomic E-state index is 5.76. The number of rotatable bonds is 7. The summed E-state index contributed by atoms with van der Waals surface area (Å²) < 4.78 is 11.3. The molecule has 3 aromatic rings. The minimum atomic E-state index is 0.645. The molecule has 0 atom stereocenters. The van der Waals surface area contributed by atoms with Crippen molar-refractivity contribution in [1.29, 1.82) is 0 Å². The van der Waals surface area contributed by atoms with Crippen molar-refractivity contribution in [2.45, 2.75) is 27.2 Å². The highest BCUT2D eigenvalue weighted by molar-refractivity contribution is 5.69. The molecule has 0 aliphatic carbocycles. The number of hydrogen-bond acceptors (Lipinski definition) is 3. The number of aromatic nitrogens is 1. The van der Waals surface area contributed by atoms with Gasteiger partial charge in [0.25, 0.3) is 0 Å². The molecule has 0 N–H and O–H groups in total. The van der Waals surface area contributed by atoms with Gasteiger partial charge in [-0.05, 0) is 49.1 Å². The first-order valence-corrected chi connectivity index (χ1v) is 8.99. The molecular weight excluding hydrogens is 322 g/mol. The van der Waals surface area contributed by atoms with Crippen LogP contribution >= 0.6 is 0 Å². The predicted molar refractivity (Wildman–Crippen MR) is 107 cm³/mol. The lowest BCUT2D eigenvalue weighted by molar-refractivity contribution is 0.289. The lowest BCUT2D eigenvalue weighted by atomic mass is 10.0. The maximum atomic E-state index is 5.76. The monoisotopic (exact) mass is 347 g/mol. The van der Waals surface area contributed by atoms with E-state index in [0.717, 1.165) is 52.5 Å². The van der Waals surface area contributed by atoms with Gasteiger partial charge in [-0.1, -0.05) is 55.4 Å². The van der Waals surface area contributed by atoms with Gasteiger partial charge in [-0.25, -0.2) is 0 Å². The maximum Gasteiger partial charge on any atom is 0.167 e. The van der Waals surface area contributed by atoms with E-state index in [2.05, 4.69) is 37.7 Å². The molecule has 26 heavy (non-hydrogen) atoms. The van der Waals surface area contributed by atoms with Crippen molar-refractivity contribution < 1.29 is 9.26 Å². The quantitative estimate of drug-likeness (QED) is 0.491. The van der Waals surface area contributed by atoms with Crippen molar-refractivity contribution in [3.8, 4) is 28.3 Å². The SMILES string of the molecule is C=C(C)c1ccc(-c2cc(-c3ccc(OCCC(C)C)cc3)on2)cc1. The smallest absolute Gasteiger partial charge is 0.167 e. The zero-order chi connectivity index (χ0) is 18.5. The first kappa shape index (κ1) is 18.0. The molecule has 0 saturated carbocycles. The van der Waals surface area contributed by atoms with Gasteiger partial charge in [-0.15, -0.1) is 0 Å². The number of allylic oxidation sites excluding steroid dienone is 1. The number of hydrogen-bond donors (Lipinski definition) is 0. The van der Waals surface area contributed by atoms with Crippen LogP contribution in [0.3, 0.4) is 0 Å². The molecule has 0 bridgehead atoms. The van der Waals surface area contributed by atoms with Gasteiger partial charge in [0.15, 0.2) is 5.76 Å². The molecule has 0 saturated heterocycles. The van der Waals surface area contributed by atoms with Crippen molar-refractivity contribution in [2.24, 2.45) is 5.92 Å². The van der Waals surface area contributed by atoms with Crippen LogP contribution in [0.25, 0.3) is 28.2 Å². The van der Waals surface area contributed by atoms with E-state index in [0.29, 0.717) is 5.92 Å². The Balaban J connectivity index is 1.70. The summed E-state index contributed by atoms with van der Waals surface area (Å²) in [4.78, 5) is 0. The summed E-state index contributed by atoms with van der Waals surface area (Å²) in [6, 6.07) is 18.1. The van der Waals surface area contributed by atoms with Crippen molar-refractivity contribution in [1.82, 2.24) is 5.16 Å². The Kier molecular flexibility index (Phi) is 5.57. The van der Waals surface area contributed by atoms with E-state index in [-0.39, 0.29) is 0 Å². The Labute approximate surface area is 155 Å². The number of benzene rings is 2. The summed E-state index contributed by atoms with van der Waals surface area (Å²) in [5.74, 6) is 2.27. The van der Waals surface area contributed by atoms with Crippen LogP contribution in [-0.4, -0.2) is 11.8 Å². The molecule has 2 aromatic carbocycles. The Hall–Kier alpha value is -2.81. The lowest BCUT2D eigenvalue weighted by Crippen LogP contribution is -2.01. The average molecular weight is 347 g/mol. The highest BCUT2D eigenvalue weighted by Crippen LogP contribution is 2.28. The van der Waals surface area contributed by atoms with Crippen LogP contribution in [0.15, 0.2) is 65.7 Å². The van der Waals surface area contributed by atoms with Crippen LogP contribution < -0.4 is 4.74 Å². The van der Waals surface area contributed by atoms with Gasteiger partial charge < -0.3 is 9.26 Å². The van der Waals surface area contributed by atoms with Gasteiger partial charge in [0, 0.05) is 17.2 Å². The molecule has 3 heteroatoms. The largest absolute Gasteiger partial charge is 0.494 e. The zero-order valence-electron chi connectivity index (χ0n) is 15.7. The topological polar surface area (TPSA) is 35.3 Å². The fourth-order valence-corrected chi connectivity index (χ4v) is 2.60. The average Bonchev–Trinajstić information content (AvgIpc) is 3.12. The van der Waals surface area contributed by atoms with Gasteiger partial charge in [0.1, 0.15) is 11.4 Å². The first-order chi connectivity index (χ1) is 12.5. The number of nitrogens with zero attached hydrogens (tertiary/aromatic N) is 1. The van der Waals surface area contributed by atoms with Crippen LogP contribution in [0, 0.1) is 5.92 Å². The highest BCUT2D eigenvalue weighted by atomic mass is 16.5. The van der Waals surface area contributed by atoms with Crippen LogP contribution in [0.4, 0.5) is 0 Å². The van der Waals surface area contributed by atoms with E-state index in [1.54, 1.807) is 0 Å². The fraction of sp³-hybridized carbons (Fsp3) is 0.261. The third-order valence-corrected chi connectivity index (χ3v) is 4.29. The van der Waals surface area contributed by atoms with Crippen molar-refractivity contribution in [3.63, 3.8) is 0 Å². The molecule has 1 heterocycles. The highest BCUT2D eigenvalue weighted by Gasteiger charge is 2.09. The second-order valence-electron chi connectivity index (χ2n) is 6.99. The predicted octanol–water partition coefficient (Wildman–Crippen LogP) is 6.47. The normalized spacial score (nSPS) is 10.9. The molecule has 0 aliphatic rings. The molecule has 134 valence electrons. The Bertz CT molecular complexity index is 858. The summed E-state index contributed by atoms with van der Waals surface area (Å²) >= 11 is 0. The molecule has 0 amide bonds. The Morgan fingerprint density at radius 2 is 1.69 bits per heavy atom. The second-order valence-corrected chi connectivity index (χ2v) is 6.99. The zero-order valence-corrected chi connectivity index (χ0v) is 15.7. The summed E-state index contributed by atoms with van der Waals surface area (Å²) in [7, 11) is 0. The molecule has 0 aliphatic heterocycles. The van der Waals surface area contributed by atoms with Crippen LogP contribution in [-0.2, 0) is 0 Å². The Morgan fingerprint density at radius 3 is 2.31 bits per heavy atom. The van der Waals surface area contributed by atoms with Crippen LogP contribution in [0.2, 0.25) is 0 Å². The molecule has 0 fully saturated rings. The molecule has 3 rings (SSSR count). The van der Waals surface area contributed by atoms with Gasteiger partial charge in [0.2, 0.25) is 0 Å². The third kappa shape index (κ3) is 4.42. The second kappa shape index (κ2) is 8.05. The van der Waals surface area contributed by atoms with Gasteiger partial charge in [-0.3, -0.25) is 0 Å². The van der Waals surface area contributed by atoms with Crippen molar-refractivity contribution in [2.75, 3.05) is 6.61 Å². The number of ether oxygens (including phenoxy) is 1. The molecular formula is C23H25NO2. The first-order valence-electron chi connectivity index (χ1n) is 8.99. The van der Waals surface area contributed by atoms with E-state index < -0.39 is 0 Å².